The Morgan fingerprint density at radius 2 is 0.862 bits per heavy atom. The molecule has 1 fully saturated rings. The third kappa shape index (κ3) is 36.6. The second-order valence-electron chi connectivity index (χ2n) is 20.1. The van der Waals surface area contributed by atoms with Gasteiger partial charge in [-0.3, -0.25) is 4.79 Å². The van der Waals surface area contributed by atoms with Crippen LogP contribution in [0.15, 0.2) is 12.2 Å². The van der Waals surface area contributed by atoms with Crippen LogP contribution in [0.4, 0.5) is 0 Å². The third-order valence-corrected chi connectivity index (χ3v) is 13.9. The molecule has 9 nitrogen and oxygen atoms in total. The van der Waals surface area contributed by atoms with Crippen molar-refractivity contribution in [3.8, 4) is 0 Å². The van der Waals surface area contributed by atoms with Crippen molar-refractivity contribution in [2.24, 2.45) is 0 Å². The number of allylic oxidation sites excluding steroid dienone is 2. The number of carbonyl (C=O) groups is 1. The van der Waals surface area contributed by atoms with E-state index in [-0.39, 0.29) is 12.5 Å². The zero-order chi connectivity index (χ0) is 47.3. The summed E-state index contributed by atoms with van der Waals surface area (Å²) in [5.41, 5.74) is 0. The number of unbranched alkanes of at least 4 members (excludes halogenated alkanes) is 37. The van der Waals surface area contributed by atoms with E-state index in [4.69, 9.17) is 9.47 Å². The van der Waals surface area contributed by atoms with E-state index in [1.54, 1.807) is 0 Å². The largest absolute Gasteiger partial charge is 0.394 e. The molecule has 1 aliphatic heterocycles. The van der Waals surface area contributed by atoms with Gasteiger partial charge in [-0.25, -0.2) is 0 Å². The van der Waals surface area contributed by atoms with Crippen molar-refractivity contribution in [1.82, 2.24) is 5.32 Å². The van der Waals surface area contributed by atoms with Crippen LogP contribution >= 0.6 is 0 Å². The molecular formula is C56H109NO8. The molecule has 0 spiro atoms. The van der Waals surface area contributed by atoms with Crippen molar-refractivity contribution in [2.45, 2.75) is 326 Å². The van der Waals surface area contributed by atoms with Gasteiger partial charge in [0.1, 0.15) is 24.4 Å². The van der Waals surface area contributed by atoms with Gasteiger partial charge in [-0.1, -0.05) is 251 Å². The van der Waals surface area contributed by atoms with E-state index >= 15 is 0 Å². The number of amides is 1. The summed E-state index contributed by atoms with van der Waals surface area (Å²) in [4.78, 5) is 13.0. The fraction of sp³-hybridized carbons (Fsp3) is 0.946. The molecule has 1 rings (SSSR count). The number of hydrogen-bond donors (Lipinski definition) is 6. The number of carbonyl (C=O) groups excluding carboxylic acids is 1. The number of aliphatic hydroxyl groups excluding tert-OH is 5. The van der Waals surface area contributed by atoms with E-state index in [0.717, 1.165) is 38.5 Å². The average molecular weight is 924 g/mol. The predicted molar refractivity (Wildman–Crippen MR) is 272 cm³/mol. The molecule has 1 aliphatic rings. The lowest BCUT2D eigenvalue weighted by molar-refractivity contribution is -0.302. The van der Waals surface area contributed by atoms with Crippen LogP contribution in [0.1, 0.15) is 284 Å². The maximum Gasteiger partial charge on any atom is 0.220 e. The maximum atomic E-state index is 13.0. The first-order chi connectivity index (χ1) is 31.8. The summed E-state index contributed by atoms with van der Waals surface area (Å²) in [5, 5.41) is 54.6. The van der Waals surface area contributed by atoms with E-state index in [9.17, 15) is 30.3 Å². The highest BCUT2D eigenvalue weighted by molar-refractivity contribution is 5.76. The van der Waals surface area contributed by atoms with Crippen molar-refractivity contribution in [1.29, 1.82) is 0 Å². The normalized spacial score (nSPS) is 19.9. The van der Waals surface area contributed by atoms with Gasteiger partial charge in [-0.15, -0.1) is 0 Å². The van der Waals surface area contributed by atoms with Gasteiger partial charge in [0.2, 0.25) is 5.91 Å². The molecule has 0 aromatic heterocycles. The van der Waals surface area contributed by atoms with E-state index in [1.807, 2.05) is 0 Å². The lowest BCUT2D eigenvalue weighted by Gasteiger charge is -2.40. The lowest BCUT2D eigenvalue weighted by atomic mass is 9.99. The number of ether oxygens (including phenoxy) is 2. The van der Waals surface area contributed by atoms with Crippen molar-refractivity contribution in [3.05, 3.63) is 12.2 Å². The number of hydrogen-bond acceptors (Lipinski definition) is 8. The molecule has 65 heavy (non-hydrogen) atoms. The topological polar surface area (TPSA) is 149 Å². The van der Waals surface area contributed by atoms with Gasteiger partial charge in [-0.2, -0.15) is 0 Å². The number of aliphatic hydroxyl groups is 5. The number of rotatable bonds is 49. The highest BCUT2D eigenvalue weighted by Gasteiger charge is 2.44. The summed E-state index contributed by atoms with van der Waals surface area (Å²) in [6.45, 7) is 3.86. The van der Waals surface area contributed by atoms with Crippen LogP contribution in [-0.2, 0) is 14.3 Å². The van der Waals surface area contributed by atoms with Crippen LogP contribution < -0.4 is 5.32 Å². The van der Waals surface area contributed by atoms with Gasteiger partial charge < -0.3 is 40.3 Å². The van der Waals surface area contributed by atoms with Gasteiger partial charge in [0.05, 0.1) is 25.4 Å². The van der Waals surface area contributed by atoms with Crippen LogP contribution in [0, 0.1) is 0 Å². The first-order valence-corrected chi connectivity index (χ1v) is 28.4. The van der Waals surface area contributed by atoms with Crippen LogP contribution in [0.5, 0.6) is 0 Å². The van der Waals surface area contributed by atoms with Crippen LogP contribution in [0.2, 0.25) is 0 Å². The summed E-state index contributed by atoms with van der Waals surface area (Å²) < 4.78 is 11.3. The van der Waals surface area contributed by atoms with Crippen molar-refractivity contribution in [2.75, 3.05) is 13.2 Å². The third-order valence-electron chi connectivity index (χ3n) is 13.9. The smallest absolute Gasteiger partial charge is 0.220 e. The average Bonchev–Trinajstić information content (AvgIpc) is 3.31. The second-order valence-corrected chi connectivity index (χ2v) is 20.1. The molecule has 386 valence electrons. The highest BCUT2D eigenvalue weighted by Crippen LogP contribution is 2.23. The van der Waals surface area contributed by atoms with Crippen molar-refractivity contribution >= 4 is 5.91 Å². The van der Waals surface area contributed by atoms with Gasteiger partial charge in [0, 0.05) is 6.42 Å². The minimum atomic E-state index is -1.55. The predicted octanol–water partition coefficient (Wildman–Crippen LogP) is 13.6. The van der Waals surface area contributed by atoms with E-state index in [1.165, 1.54) is 218 Å². The molecule has 0 aromatic rings. The first-order valence-electron chi connectivity index (χ1n) is 28.4. The monoisotopic (exact) mass is 924 g/mol. The molecule has 0 aliphatic carbocycles. The molecule has 0 bridgehead atoms. The van der Waals surface area contributed by atoms with E-state index in [2.05, 4.69) is 31.3 Å². The van der Waals surface area contributed by atoms with E-state index < -0.39 is 49.5 Å². The molecule has 1 saturated heterocycles. The SMILES string of the molecule is CCCCCCCC/C=C\CCCCCCCCCC(=O)NC(COC1OC(CO)C(O)C(O)C1O)C(O)CCCCCCCCCCCCCCCCCCCCCCCCCCC. The molecule has 0 aromatic carbocycles. The quantitative estimate of drug-likeness (QED) is 0.0261. The van der Waals surface area contributed by atoms with Gasteiger partial charge in [0.15, 0.2) is 6.29 Å². The summed E-state index contributed by atoms with van der Waals surface area (Å²) in [5.74, 6) is -0.144. The maximum absolute atomic E-state index is 13.0. The Kier molecular flexibility index (Phi) is 44.5. The zero-order valence-corrected chi connectivity index (χ0v) is 42.8. The fourth-order valence-corrected chi connectivity index (χ4v) is 9.34. The summed E-state index contributed by atoms with van der Waals surface area (Å²) in [6, 6.07) is -0.718. The van der Waals surface area contributed by atoms with Gasteiger partial charge in [-0.05, 0) is 38.5 Å². The minimum Gasteiger partial charge on any atom is -0.394 e. The molecule has 7 atom stereocenters. The molecular weight excluding hydrogens is 815 g/mol. The molecule has 0 saturated carbocycles. The molecule has 1 heterocycles. The summed E-state index contributed by atoms with van der Waals surface area (Å²) in [7, 11) is 0. The molecule has 6 N–H and O–H groups in total. The van der Waals surface area contributed by atoms with E-state index in [0.29, 0.717) is 12.8 Å². The lowest BCUT2D eigenvalue weighted by Crippen LogP contribution is -2.60. The highest BCUT2D eigenvalue weighted by atomic mass is 16.7. The standard InChI is InChI=1S/C56H109NO8/c1-3-5-7-9-11-13-15-17-19-21-22-23-24-25-26-27-28-30-31-33-35-37-39-41-43-45-50(59)49(48-64-56-55(63)54(62)53(61)51(47-58)65-56)57-52(60)46-44-42-40-38-36-34-32-29-20-18-16-14-12-10-8-6-4-2/h18,20,49-51,53-56,58-59,61-63H,3-17,19,21-48H2,1-2H3,(H,57,60)/b20-18-. The molecule has 0 radical (unpaired) electrons. The molecule has 1 amide bonds. The summed E-state index contributed by atoms with van der Waals surface area (Å²) >= 11 is 0. The second kappa shape index (κ2) is 46.6. The zero-order valence-electron chi connectivity index (χ0n) is 42.8. The Balaban J connectivity index is 2.20. The fourth-order valence-electron chi connectivity index (χ4n) is 9.34. The Morgan fingerprint density at radius 3 is 1.25 bits per heavy atom. The Bertz CT molecular complexity index is 1030. The van der Waals surface area contributed by atoms with Crippen LogP contribution in [0.25, 0.3) is 0 Å². The van der Waals surface area contributed by atoms with Gasteiger partial charge >= 0.3 is 0 Å². The van der Waals surface area contributed by atoms with Crippen LogP contribution in [0.3, 0.4) is 0 Å². The molecule has 9 heteroatoms. The Labute approximate surface area is 401 Å². The minimum absolute atomic E-state index is 0.136. The Hall–Kier alpha value is -1.07. The Morgan fingerprint density at radius 1 is 0.508 bits per heavy atom. The van der Waals surface area contributed by atoms with Crippen molar-refractivity contribution in [3.63, 3.8) is 0 Å². The van der Waals surface area contributed by atoms with Crippen LogP contribution in [-0.4, -0.2) is 87.5 Å². The summed E-state index contributed by atoms with van der Waals surface area (Å²) in [6.07, 6.45) is 49.5. The van der Waals surface area contributed by atoms with Gasteiger partial charge in [0.25, 0.3) is 0 Å². The van der Waals surface area contributed by atoms with Crippen molar-refractivity contribution < 1.29 is 39.8 Å². The molecule has 7 unspecified atom stereocenters. The first kappa shape index (κ1) is 61.9. The number of nitrogens with one attached hydrogen (secondary N) is 1.